The van der Waals surface area contributed by atoms with E-state index in [-0.39, 0.29) is 10.8 Å². The van der Waals surface area contributed by atoms with Crippen LogP contribution in [0.1, 0.15) is 21.5 Å². The molecule has 1 aliphatic heterocycles. The van der Waals surface area contributed by atoms with Crippen molar-refractivity contribution >= 4 is 18.5 Å². The van der Waals surface area contributed by atoms with Gasteiger partial charge >= 0.3 is 0 Å². The molecule has 0 atom stereocenters. The fourth-order valence-corrected chi connectivity index (χ4v) is 2.91. The second kappa shape index (κ2) is 5.90. The zero-order chi connectivity index (χ0) is 14.8. The molecule has 0 bridgehead atoms. The molecule has 1 aliphatic rings. The van der Waals surface area contributed by atoms with Gasteiger partial charge in [-0.2, -0.15) is 0 Å². The molecule has 21 heavy (non-hydrogen) atoms. The Bertz CT molecular complexity index is 659. The molecule has 0 saturated carbocycles. The number of amides is 1. The van der Waals surface area contributed by atoms with Gasteiger partial charge in [-0.25, -0.2) is 4.39 Å². The van der Waals surface area contributed by atoms with Gasteiger partial charge in [-0.05, 0) is 42.2 Å². The minimum atomic E-state index is -0.404. The largest absolute Gasteiger partial charge is 0.338 e. The van der Waals surface area contributed by atoms with Gasteiger partial charge in [0.15, 0.2) is 0 Å². The molecular formula is C17H16FNOS. The minimum Gasteiger partial charge on any atom is -0.338 e. The van der Waals surface area contributed by atoms with Crippen molar-refractivity contribution in [2.75, 3.05) is 13.1 Å². The molecule has 0 radical (unpaired) electrons. The summed E-state index contributed by atoms with van der Waals surface area (Å²) in [4.78, 5) is 14.6. The van der Waals surface area contributed by atoms with Gasteiger partial charge in [-0.1, -0.05) is 24.3 Å². The molecule has 2 aromatic rings. The third kappa shape index (κ3) is 2.95. The number of nitrogens with zero attached hydrogens (tertiary/aromatic N) is 1. The number of hydrogen-bond acceptors (Lipinski definition) is 2. The number of benzene rings is 2. The first-order valence-corrected chi connectivity index (χ1v) is 7.44. The van der Waals surface area contributed by atoms with Gasteiger partial charge < -0.3 is 4.90 Å². The van der Waals surface area contributed by atoms with E-state index in [0.717, 1.165) is 12.8 Å². The summed E-state index contributed by atoms with van der Waals surface area (Å²) >= 11 is 4.04. The van der Waals surface area contributed by atoms with Gasteiger partial charge in [0.25, 0.3) is 5.91 Å². The van der Waals surface area contributed by atoms with Crippen LogP contribution in [0, 0.1) is 5.82 Å². The number of carbonyl (C=O) groups excluding carboxylic acids is 1. The summed E-state index contributed by atoms with van der Waals surface area (Å²) in [6, 6.07) is 12.6. The fraction of sp³-hybridized carbons (Fsp3) is 0.235. The van der Waals surface area contributed by atoms with Gasteiger partial charge in [0.1, 0.15) is 5.82 Å². The van der Waals surface area contributed by atoms with Crippen molar-refractivity contribution in [3.8, 4) is 0 Å². The van der Waals surface area contributed by atoms with Crippen molar-refractivity contribution in [3.63, 3.8) is 0 Å². The van der Waals surface area contributed by atoms with Crippen molar-refractivity contribution in [2.45, 2.75) is 17.7 Å². The highest BCUT2D eigenvalue weighted by molar-refractivity contribution is 7.80. The monoisotopic (exact) mass is 301 g/mol. The lowest BCUT2D eigenvalue weighted by Gasteiger charge is -2.20. The highest BCUT2D eigenvalue weighted by atomic mass is 32.1. The SMILES string of the molecule is O=C(c1ccc(F)c(S)c1)N1CCc2ccccc2CC1. The standard InChI is InChI=1S/C17H16FNOS/c18-15-6-5-14(11-16(15)21)17(20)19-9-7-12-3-1-2-4-13(12)8-10-19/h1-6,11,21H,7-10H2. The minimum absolute atomic E-state index is 0.0573. The summed E-state index contributed by atoms with van der Waals surface area (Å²) in [7, 11) is 0. The van der Waals surface area contributed by atoms with Crippen LogP contribution >= 0.6 is 12.6 Å². The van der Waals surface area contributed by atoms with E-state index in [0.29, 0.717) is 18.7 Å². The van der Waals surface area contributed by atoms with E-state index in [4.69, 9.17) is 0 Å². The highest BCUT2D eigenvalue weighted by Gasteiger charge is 2.20. The maximum atomic E-state index is 13.2. The number of thiol groups is 1. The fourth-order valence-electron chi connectivity index (χ4n) is 2.70. The Morgan fingerprint density at radius 2 is 1.67 bits per heavy atom. The molecular weight excluding hydrogens is 285 g/mol. The van der Waals surface area contributed by atoms with Crippen molar-refractivity contribution in [2.24, 2.45) is 0 Å². The van der Waals surface area contributed by atoms with Crippen LogP contribution in [0.2, 0.25) is 0 Å². The summed E-state index contributed by atoms with van der Waals surface area (Å²) in [6.45, 7) is 1.38. The van der Waals surface area contributed by atoms with Crippen molar-refractivity contribution < 1.29 is 9.18 Å². The molecule has 4 heteroatoms. The molecule has 0 N–H and O–H groups in total. The summed E-state index contributed by atoms with van der Waals surface area (Å²) in [6.07, 6.45) is 1.72. The van der Waals surface area contributed by atoms with E-state index in [9.17, 15) is 9.18 Å². The van der Waals surface area contributed by atoms with Gasteiger partial charge in [0.05, 0.1) is 0 Å². The summed E-state index contributed by atoms with van der Waals surface area (Å²) < 4.78 is 13.2. The Hall–Kier alpha value is -1.81. The lowest BCUT2D eigenvalue weighted by Crippen LogP contribution is -2.33. The molecule has 0 spiro atoms. The number of fused-ring (bicyclic) bond motifs is 1. The van der Waals surface area contributed by atoms with Crippen LogP contribution in [0.25, 0.3) is 0 Å². The van der Waals surface area contributed by atoms with E-state index >= 15 is 0 Å². The molecule has 1 amide bonds. The molecule has 108 valence electrons. The second-order valence-corrected chi connectivity index (χ2v) is 5.71. The van der Waals surface area contributed by atoms with Gasteiger partial charge in [0.2, 0.25) is 0 Å². The first-order valence-electron chi connectivity index (χ1n) is 7.00. The molecule has 3 rings (SSSR count). The Kier molecular flexibility index (Phi) is 3.97. The van der Waals surface area contributed by atoms with Crippen molar-refractivity contribution in [1.29, 1.82) is 0 Å². The average molecular weight is 301 g/mol. The topological polar surface area (TPSA) is 20.3 Å². The number of carbonyl (C=O) groups is 1. The van der Waals surface area contributed by atoms with E-state index in [1.54, 1.807) is 0 Å². The zero-order valence-electron chi connectivity index (χ0n) is 11.6. The van der Waals surface area contributed by atoms with Crippen molar-refractivity contribution in [1.82, 2.24) is 4.90 Å². The predicted molar refractivity (Wildman–Crippen MR) is 83.4 cm³/mol. The van der Waals surface area contributed by atoms with E-state index < -0.39 is 5.82 Å². The van der Waals surface area contributed by atoms with E-state index in [1.807, 2.05) is 17.0 Å². The van der Waals surface area contributed by atoms with Crippen LogP contribution in [-0.4, -0.2) is 23.9 Å². The summed E-state index contributed by atoms with van der Waals surface area (Å²) in [5.41, 5.74) is 3.11. The maximum absolute atomic E-state index is 13.2. The first kappa shape index (κ1) is 14.1. The lowest BCUT2D eigenvalue weighted by atomic mass is 10.0. The van der Waals surface area contributed by atoms with E-state index in [1.165, 1.54) is 29.3 Å². The van der Waals surface area contributed by atoms with Gasteiger partial charge in [-0.3, -0.25) is 4.79 Å². The second-order valence-electron chi connectivity index (χ2n) is 5.23. The van der Waals surface area contributed by atoms with Crippen LogP contribution in [0.15, 0.2) is 47.4 Å². The van der Waals surface area contributed by atoms with Crippen LogP contribution in [0.5, 0.6) is 0 Å². The smallest absolute Gasteiger partial charge is 0.253 e. The zero-order valence-corrected chi connectivity index (χ0v) is 12.4. The van der Waals surface area contributed by atoms with Crippen LogP contribution < -0.4 is 0 Å². The molecule has 0 aromatic heterocycles. The van der Waals surface area contributed by atoms with Gasteiger partial charge in [0, 0.05) is 23.5 Å². The molecule has 0 aliphatic carbocycles. The van der Waals surface area contributed by atoms with Gasteiger partial charge in [-0.15, -0.1) is 12.6 Å². The third-order valence-corrected chi connectivity index (χ3v) is 4.24. The summed E-state index contributed by atoms with van der Waals surface area (Å²) in [5.74, 6) is -0.462. The molecule has 0 fully saturated rings. The Morgan fingerprint density at radius 3 is 2.24 bits per heavy atom. The Balaban J connectivity index is 1.79. The van der Waals surface area contributed by atoms with Crippen LogP contribution in [-0.2, 0) is 12.8 Å². The highest BCUT2D eigenvalue weighted by Crippen LogP contribution is 2.19. The average Bonchev–Trinajstić information content (AvgIpc) is 2.72. The molecule has 0 saturated heterocycles. The number of halogens is 1. The molecule has 0 unspecified atom stereocenters. The number of hydrogen-bond donors (Lipinski definition) is 1. The molecule has 1 heterocycles. The first-order chi connectivity index (χ1) is 10.1. The quantitative estimate of drug-likeness (QED) is 0.801. The lowest BCUT2D eigenvalue weighted by molar-refractivity contribution is 0.0762. The molecule has 2 nitrogen and oxygen atoms in total. The normalized spacial score (nSPS) is 14.5. The molecule has 2 aromatic carbocycles. The van der Waals surface area contributed by atoms with Crippen molar-refractivity contribution in [3.05, 3.63) is 65.0 Å². The maximum Gasteiger partial charge on any atom is 0.253 e. The Morgan fingerprint density at radius 1 is 1.05 bits per heavy atom. The summed E-state index contributed by atoms with van der Waals surface area (Å²) in [5, 5.41) is 0. The number of rotatable bonds is 1. The van der Waals surface area contributed by atoms with E-state index in [2.05, 4.69) is 24.8 Å². The van der Waals surface area contributed by atoms with Crippen LogP contribution in [0.4, 0.5) is 4.39 Å². The third-order valence-electron chi connectivity index (χ3n) is 3.90. The predicted octanol–water partition coefficient (Wildman–Crippen LogP) is 3.36. The Labute approximate surface area is 129 Å². The van der Waals surface area contributed by atoms with Crippen LogP contribution in [0.3, 0.4) is 0 Å².